The van der Waals surface area contributed by atoms with Crippen LogP contribution < -0.4 is 0 Å². The van der Waals surface area contributed by atoms with Crippen molar-refractivity contribution in [3.05, 3.63) is 35.9 Å². The molecule has 0 unspecified atom stereocenters. The van der Waals surface area contributed by atoms with Gasteiger partial charge in [-0.15, -0.1) is 0 Å². The van der Waals surface area contributed by atoms with Crippen LogP contribution in [0.1, 0.15) is 12.5 Å². The molecule has 1 aromatic rings. The molecule has 0 fully saturated rings. The van der Waals surface area contributed by atoms with Crippen LogP contribution in [0.2, 0.25) is 0 Å². The predicted molar refractivity (Wildman–Crippen MR) is 42.9 cm³/mol. The maximum atomic E-state index is 4.87. The summed E-state index contributed by atoms with van der Waals surface area (Å²) in [5.41, 5.74) is 1.13. The van der Waals surface area contributed by atoms with Crippen LogP contribution in [0.4, 0.5) is 0 Å². The van der Waals surface area contributed by atoms with Crippen LogP contribution in [-0.2, 0) is 16.4 Å². The Morgan fingerprint density at radius 2 is 1.82 bits per heavy atom. The Morgan fingerprint density at radius 1 is 1.09 bits per heavy atom. The standard InChI is InChI=1S/C9H12O2/c1-2-10-11-8-9-6-4-3-5-7-9/h3-7H,2,8H2,1H3. The van der Waals surface area contributed by atoms with Gasteiger partial charge in [-0.1, -0.05) is 30.3 Å². The van der Waals surface area contributed by atoms with Crippen LogP contribution in [0.5, 0.6) is 0 Å². The zero-order chi connectivity index (χ0) is 7.94. The minimum Gasteiger partial charge on any atom is -0.237 e. The monoisotopic (exact) mass is 152 g/mol. The molecule has 1 rings (SSSR count). The molecular weight excluding hydrogens is 140 g/mol. The first-order valence-electron chi connectivity index (χ1n) is 3.72. The van der Waals surface area contributed by atoms with Gasteiger partial charge in [-0.25, -0.2) is 9.78 Å². The maximum absolute atomic E-state index is 4.87. The van der Waals surface area contributed by atoms with Gasteiger partial charge in [0.25, 0.3) is 0 Å². The summed E-state index contributed by atoms with van der Waals surface area (Å²) >= 11 is 0. The molecule has 0 saturated carbocycles. The van der Waals surface area contributed by atoms with Gasteiger partial charge in [-0.2, -0.15) is 0 Å². The van der Waals surface area contributed by atoms with Crippen molar-refractivity contribution in [1.82, 2.24) is 0 Å². The van der Waals surface area contributed by atoms with Crippen molar-refractivity contribution in [1.29, 1.82) is 0 Å². The molecule has 60 valence electrons. The van der Waals surface area contributed by atoms with Gasteiger partial charge in [0.2, 0.25) is 0 Å². The van der Waals surface area contributed by atoms with Crippen molar-refractivity contribution in [2.75, 3.05) is 6.61 Å². The second-order valence-electron chi connectivity index (χ2n) is 2.15. The minimum absolute atomic E-state index is 0.522. The lowest BCUT2D eigenvalue weighted by molar-refractivity contribution is -0.300. The molecule has 0 atom stereocenters. The van der Waals surface area contributed by atoms with Gasteiger partial charge in [-0.3, -0.25) is 0 Å². The lowest BCUT2D eigenvalue weighted by Crippen LogP contribution is -1.93. The number of hydrogen-bond donors (Lipinski definition) is 0. The summed E-state index contributed by atoms with van der Waals surface area (Å²) in [4.78, 5) is 9.61. The molecule has 0 aromatic heterocycles. The Morgan fingerprint density at radius 3 is 2.45 bits per heavy atom. The molecule has 0 radical (unpaired) electrons. The molecule has 0 bridgehead atoms. The molecule has 0 aliphatic rings. The van der Waals surface area contributed by atoms with Gasteiger partial charge in [0.1, 0.15) is 6.61 Å². The van der Waals surface area contributed by atoms with Gasteiger partial charge in [-0.05, 0) is 12.5 Å². The van der Waals surface area contributed by atoms with Crippen LogP contribution in [0.15, 0.2) is 30.3 Å². The number of rotatable bonds is 4. The van der Waals surface area contributed by atoms with E-state index >= 15 is 0 Å². The third-order valence-corrected chi connectivity index (χ3v) is 1.27. The van der Waals surface area contributed by atoms with Crippen LogP contribution in [-0.4, -0.2) is 6.61 Å². The molecule has 0 aliphatic heterocycles. The number of hydrogen-bond acceptors (Lipinski definition) is 2. The van der Waals surface area contributed by atoms with Gasteiger partial charge >= 0.3 is 0 Å². The van der Waals surface area contributed by atoms with Crippen molar-refractivity contribution in [2.24, 2.45) is 0 Å². The minimum atomic E-state index is 0.522. The Kier molecular flexibility index (Phi) is 3.65. The van der Waals surface area contributed by atoms with Crippen molar-refractivity contribution >= 4 is 0 Å². The molecule has 0 amide bonds. The molecule has 0 aliphatic carbocycles. The van der Waals surface area contributed by atoms with E-state index in [1.165, 1.54) is 0 Å². The van der Waals surface area contributed by atoms with E-state index < -0.39 is 0 Å². The van der Waals surface area contributed by atoms with E-state index in [2.05, 4.69) is 0 Å². The molecule has 0 spiro atoms. The first-order valence-corrected chi connectivity index (χ1v) is 3.72. The fourth-order valence-electron chi connectivity index (χ4n) is 0.767. The zero-order valence-corrected chi connectivity index (χ0v) is 6.62. The summed E-state index contributed by atoms with van der Waals surface area (Å²) in [5, 5.41) is 0. The normalized spacial score (nSPS) is 9.91. The SMILES string of the molecule is CCOOCc1ccccc1. The van der Waals surface area contributed by atoms with E-state index in [0.717, 1.165) is 5.56 Å². The topological polar surface area (TPSA) is 18.5 Å². The second-order valence-corrected chi connectivity index (χ2v) is 2.15. The third kappa shape index (κ3) is 3.16. The van der Waals surface area contributed by atoms with Gasteiger partial charge < -0.3 is 0 Å². The first-order chi connectivity index (χ1) is 5.43. The summed E-state index contributed by atoms with van der Waals surface area (Å²) in [6.45, 7) is 3.01. The highest BCUT2D eigenvalue weighted by molar-refractivity contribution is 5.13. The van der Waals surface area contributed by atoms with E-state index in [1.807, 2.05) is 37.3 Å². The maximum Gasteiger partial charge on any atom is 0.107 e. The largest absolute Gasteiger partial charge is 0.237 e. The molecule has 1 aromatic carbocycles. The fraction of sp³-hybridized carbons (Fsp3) is 0.333. The molecule has 0 heterocycles. The molecule has 11 heavy (non-hydrogen) atoms. The van der Waals surface area contributed by atoms with E-state index in [1.54, 1.807) is 0 Å². The summed E-state index contributed by atoms with van der Waals surface area (Å²) < 4.78 is 0. The first kappa shape index (κ1) is 8.24. The highest BCUT2D eigenvalue weighted by Crippen LogP contribution is 1.99. The number of benzene rings is 1. The fourth-order valence-corrected chi connectivity index (χ4v) is 0.767. The summed E-state index contributed by atoms with van der Waals surface area (Å²) in [7, 11) is 0. The molecule has 0 N–H and O–H groups in total. The summed E-state index contributed by atoms with van der Waals surface area (Å²) in [6, 6.07) is 9.93. The zero-order valence-electron chi connectivity index (χ0n) is 6.62. The average Bonchev–Trinajstić information content (AvgIpc) is 2.07. The van der Waals surface area contributed by atoms with Crippen LogP contribution in [0.3, 0.4) is 0 Å². The quantitative estimate of drug-likeness (QED) is 0.374. The molecule has 2 nitrogen and oxygen atoms in total. The Labute approximate surface area is 66.7 Å². The highest BCUT2D eigenvalue weighted by Gasteiger charge is 1.89. The summed E-state index contributed by atoms with van der Waals surface area (Å²) in [5.74, 6) is 0. The van der Waals surface area contributed by atoms with Crippen LogP contribution >= 0.6 is 0 Å². The van der Waals surface area contributed by atoms with Crippen molar-refractivity contribution < 1.29 is 9.78 Å². The summed E-state index contributed by atoms with van der Waals surface area (Å²) in [6.07, 6.45) is 0. The van der Waals surface area contributed by atoms with Crippen LogP contribution in [0, 0.1) is 0 Å². The lowest BCUT2D eigenvalue weighted by Gasteiger charge is -2.00. The Bertz CT molecular complexity index is 184. The Balaban J connectivity index is 2.28. The van der Waals surface area contributed by atoms with Gasteiger partial charge in [0, 0.05) is 0 Å². The molecular formula is C9H12O2. The second kappa shape index (κ2) is 4.88. The average molecular weight is 152 g/mol. The van der Waals surface area contributed by atoms with E-state index in [0.29, 0.717) is 13.2 Å². The van der Waals surface area contributed by atoms with Gasteiger partial charge in [0.15, 0.2) is 0 Å². The van der Waals surface area contributed by atoms with Gasteiger partial charge in [0.05, 0.1) is 6.61 Å². The van der Waals surface area contributed by atoms with E-state index in [9.17, 15) is 0 Å². The molecule has 0 saturated heterocycles. The van der Waals surface area contributed by atoms with Crippen molar-refractivity contribution in [2.45, 2.75) is 13.5 Å². The van der Waals surface area contributed by atoms with E-state index in [-0.39, 0.29) is 0 Å². The molecule has 2 heteroatoms. The Hall–Kier alpha value is -0.860. The van der Waals surface area contributed by atoms with Crippen molar-refractivity contribution in [3.8, 4) is 0 Å². The highest BCUT2D eigenvalue weighted by atomic mass is 17.2. The van der Waals surface area contributed by atoms with E-state index in [4.69, 9.17) is 9.78 Å². The van der Waals surface area contributed by atoms with Crippen LogP contribution in [0.25, 0.3) is 0 Å². The predicted octanol–water partition coefficient (Wildman–Crippen LogP) is 2.15. The van der Waals surface area contributed by atoms with Crippen molar-refractivity contribution in [3.63, 3.8) is 0 Å². The third-order valence-electron chi connectivity index (χ3n) is 1.27. The lowest BCUT2D eigenvalue weighted by atomic mass is 10.2. The smallest absolute Gasteiger partial charge is 0.107 e.